The number of benzene rings is 1. The van der Waals surface area contributed by atoms with Crippen LogP contribution in [-0.2, 0) is 41.8 Å². The standard InChI is InChI=1S/C25H25N9O3/c35-23(34-4-3-20-21(11-34)30-33-29-20)8-22-31-32-24(37-22)17-9-26-25(27-10-17)28-19-6-15-2-1-14(5-16(15)7-19)18-12-36-13-18/h1-2,5,9-10,18-19H,3-4,6-8,11-13H2,(H,26,27,28)(H,29,30,33). The number of carbonyl (C=O) groups is 1. The van der Waals surface area contributed by atoms with Gasteiger partial charge in [-0.2, -0.15) is 0 Å². The second-order valence-electron chi connectivity index (χ2n) is 9.79. The molecule has 4 aromatic rings. The third kappa shape index (κ3) is 4.33. The van der Waals surface area contributed by atoms with Crippen LogP contribution in [0.3, 0.4) is 0 Å². The molecule has 1 amide bonds. The van der Waals surface area contributed by atoms with E-state index in [-0.39, 0.29) is 30.2 Å². The van der Waals surface area contributed by atoms with E-state index >= 15 is 0 Å². The lowest BCUT2D eigenvalue weighted by Gasteiger charge is -2.26. The van der Waals surface area contributed by atoms with Gasteiger partial charge in [0.05, 0.1) is 31.0 Å². The predicted molar refractivity (Wildman–Crippen MR) is 129 cm³/mol. The number of ether oxygens (including phenoxy) is 1. The summed E-state index contributed by atoms with van der Waals surface area (Å²) in [6.45, 7) is 2.67. The highest BCUT2D eigenvalue weighted by atomic mass is 16.5. The zero-order valence-corrected chi connectivity index (χ0v) is 20.1. The molecular formula is C25H25N9O3. The highest BCUT2D eigenvalue weighted by Crippen LogP contribution is 2.30. The van der Waals surface area contributed by atoms with E-state index in [0.717, 1.165) is 37.4 Å². The Bertz CT molecular complexity index is 1440. The number of H-pyrrole nitrogens is 1. The monoisotopic (exact) mass is 499 g/mol. The number of amides is 1. The van der Waals surface area contributed by atoms with Crippen molar-refractivity contribution >= 4 is 11.9 Å². The van der Waals surface area contributed by atoms with Crippen LogP contribution in [-0.4, -0.2) is 72.2 Å². The van der Waals surface area contributed by atoms with E-state index in [2.05, 4.69) is 59.1 Å². The number of aromatic nitrogens is 7. The Kier molecular flexibility index (Phi) is 5.38. The number of carbonyl (C=O) groups excluding carboxylic acids is 1. The second-order valence-corrected chi connectivity index (χ2v) is 9.79. The van der Waals surface area contributed by atoms with Gasteiger partial charge in [-0.25, -0.2) is 9.97 Å². The molecular weight excluding hydrogens is 474 g/mol. The summed E-state index contributed by atoms with van der Waals surface area (Å²) in [6.07, 6.45) is 5.92. The first-order chi connectivity index (χ1) is 18.2. The molecule has 3 aliphatic rings. The molecule has 1 fully saturated rings. The molecule has 1 aliphatic carbocycles. The van der Waals surface area contributed by atoms with E-state index in [1.807, 2.05) is 0 Å². The van der Waals surface area contributed by atoms with Gasteiger partial charge in [-0.1, -0.05) is 23.4 Å². The molecule has 0 bridgehead atoms. The zero-order valence-electron chi connectivity index (χ0n) is 20.1. The van der Waals surface area contributed by atoms with Gasteiger partial charge < -0.3 is 19.4 Å². The summed E-state index contributed by atoms with van der Waals surface area (Å²) in [5.41, 5.74) is 6.50. The molecule has 188 valence electrons. The normalized spacial score (nSPS) is 18.8. The van der Waals surface area contributed by atoms with Crippen LogP contribution in [0.5, 0.6) is 0 Å². The van der Waals surface area contributed by atoms with Crippen molar-refractivity contribution in [2.24, 2.45) is 0 Å². The Hall–Kier alpha value is -4.19. The Labute approximate surface area is 211 Å². The molecule has 5 heterocycles. The van der Waals surface area contributed by atoms with Crippen molar-refractivity contribution < 1.29 is 13.9 Å². The largest absolute Gasteiger partial charge is 0.420 e. The van der Waals surface area contributed by atoms with Gasteiger partial charge in [0.25, 0.3) is 5.89 Å². The van der Waals surface area contributed by atoms with Gasteiger partial charge in [0.1, 0.15) is 12.1 Å². The van der Waals surface area contributed by atoms with Crippen LogP contribution in [0.25, 0.3) is 11.5 Å². The maximum absolute atomic E-state index is 12.7. The van der Waals surface area contributed by atoms with Crippen LogP contribution in [0, 0.1) is 0 Å². The van der Waals surface area contributed by atoms with Crippen LogP contribution in [0.15, 0.2) is 35.0 Å². The molecule has 37 heavy (non-hydrogen) atoms. The molecule has 3 aromatic heterocycles. The average molecular weight is 500 g/mol. The van der Waals surface area contributed by atoms with Crippen molar-refractivity contribution in [1.82, 2.24) is 40.5 Å². The quantitative estimate of drug-likeness (QED) is 0.399. The molecule has 1 unspecified atom stereocenters. The molecule has 1 saturated heterocycles. The number of hydrogen-bond donors (Lipinski definition) is 2. The average Bonchev–Trinajstić information content (AvgIpc) is 3.62. The van der Waals surface area contributed by atoms with Crippen molar-refractivity contribution in [2.45, 2.75) is 44.2 Å². The molecule has 2 N–H and O–H groups in total. The Morgan fingerprint density at radius 2 is 1.97 bits per heavy atom. The summed E-state index contributed by atoms with van der Waals surface area (Å²) in [4.78, 5) is 23.3. The topological polar surface area (TPSA) is 148 Å². The summed E-state index contributed by atoms with van der Waals surface area (Å²) >= 11 is 0. The van der Waals surface area contributed by atoms with Crippen molar-refractivity contribution in [1.29, 1.82) is 0 Å². The zero-order chi connectivity index (χ0) is 24.8. The number of hydrogen-bond acceptors (Lipinski definition) is 10. The number of fused-ring (bicyclic) bond motifs is 2. The van der Waals surface area contributed by atoms with Crippen LogP contribution in [0.2, 0.25) is 0 Å². The maximum atomic E-state index is 12.7. The highest BCUT2D eigenvalue weighted by Gasteiger charge is 2.27. The van der Waals surface area contributed by atoms with Crippen LogP contribution in [0.1, 0.15) is 39.9 Å². The lowest BCUT2D eigenvalue weighted by Crippen LogP contribution is -2.37. The van der Waals surface area contributed by atoms with Gasteiger partial charge in [0, 0.05) is 37.3 Å². The van der Waals surface area contributed by atoms with Crippen molar-refractivity contribution in [3.8, 4) is 11.5 Å². The first-order valence-electron chi connectivity index (χ1n) is 12.5. The smallest absolute Gasteiger partial charge is 0.250 e. The number of anilines is 1. The summed E-state index contributed by atoms with van der Waals surface area (Å²) in [6, 6.07) is 7.04. The Morgan fingerprint density at radius 1 is 1.11 bits per heavy atom. The molecule has 1 atom stereocenters. The lowest BCUT2D eigenvalue weighted by molar-refractivity contribution is -0.131. The van der Waals surface area contributed by atoms with Crippen molar-refractivity contribution in [3.05, 3.63) is 64.6 Å². The second kappa shape index (κ2) is 9.04. The van der Waals surface area contributed by atoms with E-state index in [1.54, 1.807) is 17.3 Å². The lowest BCUT2D eigenvalue weighted by atomic mass is 9.94. The molecule has 0 saturated carbocycles. The first kappa shape index (κ1) is 22.0. The van der Waals surface area contributed by atoms with Crippen LogP contribution in [0.4, 0.5) is 5.95 Å². The summed E-state index contributed by atoms with van der Waals surface area (Å²) in [5.74, 6) is 1.54. The molecule has 2 aliphatic heterocycles. The van der Waals surface area contributed by atoms with Crippen molar-refractivity contribution in [3.63, 3.8) is 0 Å². The molecule has 1 aromatic carbocycles. The predicted octanol–water partition coefficient (Wildman–Crippen LogP) is 1.47. The molecule has 12 heteroatoms. The van der Waals surface area contributed by atoms with Gasteiger partial charge in [-0.05, 0) is 29.5 Å². The molecule has 0 radical (unpaired) electrons. The van der Waals surface area contributed by atoms with Gasteiger partial charge in [-0.3, -0.25) is 9.89 Å². The fourth-order valence-electron chi connectivity index (χ4n) is 5.12. The third-order valence-corrected chi connectivity index (χ3v) is 7.30. The SMILES string of the molecule is O=C(Cc1nnc(-c2cnc(NC3Cc4ccc(C5COC5)cc4C3)nc2)o1)N1CCc2[nH]nnc2C1. The third-order valence-electron chi connectivity index (χ3n) is 7.30. The number of nitrogens with zero attached hydrogens (tertiary/aromatic N) is 7. The summed E-state index contributed by atoms with van der Waals surface area (Å²) in [5, 5.41) is 22.3. The minimum absolute atomic E-state index is 0.0262. The maximum Gasteiger partial charge on any atom is 0.250 e. The van der Waals surface area contributed by atoms with E-state index < -0.39 is 0 Å². The van der Waals surface area contributed by atoms with Crippen LogP contribution < -0.4 is 5.32 Å². The van der Waals surface area contributed by atoms with E-state index in [9.17, 15) is 4.79 Å². The highest BCUT2D eigenvalue weighted by molar-refractivity contribution is 5.78. The molecule has 12 nitrogen and oxygen atoms in total. The van der Waals surface area contributed by atoms with E-state index in [0.29, 0.717) is 36.9 Å². The van der Waals surface area contributed by atoms with Crippen LogP contribution >= 0.6 is 0 Å². The van der Waals surface area contributed by atoms with E-state index in [4.69, 9.17) is 9.15 Å². The summed E-state index contributed by atoms with van der Waals surface area (Å²) < 4.78 is 11.1. The number of rotatable bonds is 6. The van der Waals surface area contributed by atoms with Gasteiger partial charge >= 0.3 is 0 Å². The van der Waals surface area contributed by atoms with Gasteiger partial charge in [0.15, 0.2) is 0 Å². The number of aromatic amines is 1. The molecule has 0 spiro atoms. The Morgan fingerprint density at radius 3 is 2.81 bits per heavy atom. The fraction of sp³-hybridized carbons (Fsp3) is 0.400. The number of nitrogens with one attached hydrogen (secondary N) is 2. The van der Waals surface area contributed by atoms with Gasteiger partial charge in [0.2, 0.25) is 17.7 Å². The van der Waals surface area contributed by atoms with Crippen molar-refractivity contribution in [2.75, 3.05) is 25.1 Å². The van der Waals surface area contributed by atoms with Gasteiger partial charge in [-0.15, -0.1) is 15.3 Å². The van der Waals surface area contributed by atoms with E-state index in [1.165, 1.54) is 16.7 Å². The minimum atomic E-state index is -0.0923. The molecule has 7 rings (SSSR count). The summed E-state index contributed by atoms with van der Waals surface area (Å²) in [7, 11) is 0. The Balaban J connectivity index is 0.957. The minimum Gasteiger partial charge on any atom is -0.420 e. The fourth-order valence-corrected chi connectivity index (χ4v) is 5.12. The first-order valence-corrected chi connectivity index (χ1v) is 12.5.